The van der Waals surface area contributed by atoms with Gasteiger partial charge in [0, 0.05) is 36.5 Å². The largest absolute Gasteiger partial charge is 0.338 e. The fourth-order valence-electron chi connectivity index (χ4n) is 2.27. The van der Waals surface area contributed by atoms with E-state index in [1.807, 2.05) is 0 Å². The summed E-state index contributed by atoms with van der Waals surface area (Å²) in [5.74, 6) is 0.339. The molecule has 0 bridgehead atoms. The SMILES string of the molecule is Cl.O=C1CC(NCc2cccs2)CN1C1CC1. The Morgan fingerprint density at radius 1 is 1.47 bits per heavy atom. The third kappa shape index (κ3) is 3.00. The van der Waals surface area contributed by atoms with Gasteiger partial charge in [0.15, 0.2) is 0 Å². The lowest BCUT2D eigenvalue weighted by atomic mass is 10.2. The molecule has 17 heavy (non-hydrogen) atoms. The van der Waals surface area contributed by atoms with E-state index in [1.54, 1.807) is 11.3 Å². The van der Waals surface area contributed by atoms with Crippen molar-refractivity contribution in [3.05, 3.63) is 22.4 Å². The van der Waals surface area contributed by atoms with Crippen LogP contribution in [0.4, 0.5) is 0 Å². The van der Waals surface area contributed by atoms with Gasteiger partial charge in [-0.05, 0) is 24.3 Å². The van der Waals surface area contributed by atoms with Gasteiger partial charge < -0.3 is 10.2 Å². The van der Waals surface area contributed by atoms with Crippen molar-refractivity contribution in [1.82, 2.24) is 10.2 Å². The molecule has 94 valence electrons. The van der Waals surface area contributed by atoms with E-state index < -0.39 is 0 Å². The highest BCUT2D eigenvalue weighted by molar-refractivity contribution is 7.09. The molecule has 1 N–H and O–H groups in total. The molecule has 2 aliphatic rings. The van der Waals surface area contributed by atoms with Crippen molar-refractivity contribution in [2.75, 3.05) is 6.54 Å². The third-order valence-electron chi connectivity index (χ3n) is 3.29. The van der Waals surface area contributed by atoms with E-state index in [4.69, 9.17) is 0 Å². The number of hydrogen-bond acceptors (Lipinski definition) is 3. The summed E-state index contributed by atoms with van der Waals surface area (Å²) in [7, 11) is 0. The minimum absolute atomic E-state index is 0. The lowest BCUT2D eigenvalue weighted by Crippen LogP contribution is -2.33. The maximum absolute atomic E-state index is 11.7. The zero-order valence-corrected chi connectivity index (χ0v) is 11.2. The standard InChI is InChI=1S/C12H16N2OS.ClH/c15-12-6-9(8-14(12)10-3-4-10)13-7-11-2-1-5-16-11;/h1-2,5,9-10,13H,3-4,6-8H2;1H. The van der Waals surface area contributed by atoms with Crippen molar-refractivity contribution in [1.29, 1.82) is 0 Å². The van der Waals surface area contributed by atoms with Gasteiger partial charge in [-0.1, -0.05) is 6.07 Å². The molecule has 1 amide bonds. The molecule has 0 aromatic carbocycles. The molecule has 2 fully saturated rings. The van der Waals surface area contributed by atoms with Crippen LogP contribution in [-0.4, -0.2) is 29.4 Å². The number of carbonyl (C=O) groups is 1. The van der Waals surface area contributed by atoms with Crippen molar-refractivity contribution < 1.29 is 4.79 Å². The van der Waals surface area contributed by atoms with Gasteiger partial charge in [-0.2, -0.15) is 0 Å². The van der Waals surface area contributed by atoms with E-state index in [1.165, 1.54) is 17.7 Å². The number of nitrogens with one attached hydrogen (secondary N) is 1. The van der Waals surface area contributed by atoms with E-state index in [0.717, 1.165) is 13.1 Å². The average Bonchev–Trinajstić information content (AvgIpc) is 2.85. The molecular formula is C12H17ClN2OS. The molecule has 0 spiro atoms. The van der Waals surface area contributed by atoms with Crippen LogP contribution in [0.2, 0.25) is 0 Å². The Labute approximate surface area is 112 Å². The summed E-state index contributed by atoms with van der Waals surface area (Å²) in [6.45, 7) is 1.81. The van der Waals surface area contributed by atoms with Crippen molar-refractivity contribution in [2.24, 2.45) is 0 Å². The molecule has 1 aliphatic carbocycles. The van der Waals surface area contributed by atoms with Crippen LogP contribution in [0, 0.1) is 0 Å². The van der Waals surface area contributed by atoms with E-state index in [2.05, 4.69) is 27.7 Å². The lowest BCUT2D eigenvalue weighted by Gasteiger charge is -2.15. The molecule has 1 saturated heterocycles. The van der Waals surface area contributed by atoms with E-state index in [-0.39, 0.29) is 12.4 Å². The first-order valence-electron chi connectivity index (χ1n) is 5.88. The summed E-state index contributed by atoms with van der Waals surface area (Å²) in [6, 6.07) is 5.13. The Kier molecular flexibility index (Phi) is 4.07. The molecule has 1 aliphatic heterocycles. The average molecular weight is 273 g/mol. The maximum Gasteiger partial charge on any atom is 0.224 e. The normalized spacial score (nSPS) is 23.9. The Hall–Kier alpha value is -0.580. The van der Waals surface area contributed by atoms with Crippen LogP contribution in [-0.2, 0) is 11.3 Å². The molecule has 2 heterocycles. The summed E-state index contributed by atoms with van der Waals surface area (Å²) < 4.78 is 0. The third-order valence-corrected chi connectivity index (χ3v) is 4.17. The number of thiophene rings is 1. The highest BCUT2D eigenvalue weighted by Gasteiger charge is 2.38. The lowest BCUT2D eigenvalue weighted by molar-refractivity contribution is -0.128. The number of nitrogens with zero attached hydrogens (tertiary/aromatic N) is 1. The van der Waals surface area contributed by atoms with Gasteiger partial charge in [0.05, 0.1) is 0 Å². The summed E-state index contributed by atoms with van der Waals surface area (Å²) in [5, 5.41) is 5.57. The van der Waals surface area contributed by atoms with Crippen LogP contribution in [0.3, 0.4) is 0 Å². The Morgan fingerprint density at radius 3 is 2.94 bits per heavy atom. The first-order chi connectivity index (χ1) is 7.83. The Bertz CT molecular complexity index is 378. The second-order valence-electron chi connectivity index (χ2n) is 4.64. The van der Waals surface area contributed by atoms with Crippen LogP contribution in [0.5, 0.6) is 0 Å². The number of amides is 1. The number of rotatable bonds is 4. The van der Waals surface area contributed by atoms with Crippen molar-refractivity contribution in [3.8, 4) is 0 Å². The Balaban J connectivity index is 0.00000108. The molecule has 0 radical (unpaired) electrons. The van der Waals surface area contributed by atoms with Crippen molar-refractivity contribution in [2.45, 2.75) is 37.9 Å². The quantitative estimate of drug-likeness (QED) is 0.910. The molecular weight excluding hydrogens is 256 g/mol. The van der Waals surface area contributed by atoms with Crippen LogP contribution in [0.15, 0.2) is 17.5 Å². The number of halogens is 1. The Morgan fingerprint density at radius 2 is 2.29 bits per heavy atom. The second kappa shape index (κ2) is 5.38. The van der Waals surface area contributed by atoms with Crippen LogP contribution in [0.1, 0.15) is 24.1 Å². The van der Waals surface area contributed by atoms with Gasteiger partial charge >= 0.3 is 0 Å². The van der Waals surface area contributed by atoms with Gasteiger partial charge in [-0.3, -0.25) is 4.79 Å². The molecule has 1 unspecified atom stereocenters. The monoisotopic (exact) mass is 272 g/mol. The molecule has 3 nitrogen and oxygen atoms in total. The topological polar surface area (TPSA) is 32.3 Å². The zero-order valence-electron chi connectivity index (χ0n) is 9.59. The highest BCUT2D eigenvalue weighted by Crippen LogP contribution is 2.30. The van der Waals surface area contributed by atoms with Crippen molar-refractivity contribution >= 4 is 29.7 Å². The first kappa shape index (κ1) is 12.9. The highest BCUT2D eigenvalue weighted by atomic mass is 35.5. The van der Waals surface area contributed by atoms with E-state index >= 15 is 0 Å². The maximum atomic E-state index is 11.7. The van der Waals surface area contributed by atoms with E-state index in [9.17, 15) is 4.79 Å². The summed E-state index contributed by atoms with van der Waals surface area (Å²) in [5.41, 5.74) is 0. The van der Waals surface area contributed by atoms with Gasteiger partial charge in [0.1, 0.15) is 0 Å². The van der Waals surface area contributed by atoms with Gasteiger partial charge in [-0.15, -0.1) is 23.7 Å². The first-order valence-corrected chi connectivity index (χ1v) is 6.76. The zero-order chi connectivity index (χ0) is 11.0. The smallest absolute Gasteiger partial charge is 0.224 e. The van der Waals surface area contributed by atoms with Crippen LogP contribution < -0.4 is 5.32 Å². The minimum atomic E-state index is 0. The molecule has 1 aromatic rings. The summed E-state index contributed by atoms with van der Waals surface area (Å²) in [6.07, 6.45) is 3.11. The molecule has 1 saturated carbocycles. The van der Waals surface area contributed by atoms with Crippen molar-refractivity contribution in [3.63, 3.8) is 0 Å². The molecule has 1 atom stereocenters. The number of likely N-dealkylation sites (tertiary alicyclic amines) is 1. The fraction of sp³-hybridized carbons (Fsp3) is 0.583. The number of hydrogen-bond donors (Lipinski definition) is 1. The van der Waals surface area contributed by atoms with Crippen LogP contribution in [0.25, 0.3) is 0 Å². The summed E-state index contributed by atoms with van der Waals surface area (Å²) >= 11 is 1.77. The van der Waals surface area contributed by atoms with E-state index in [0.29, 0.717) is 24.4 Å². The van der Waals surface area contributed by atoms with Gasteiger partial charge in [0.25, 0.3) is 0 Å². The molecule has 1 aromatic heterocycles. The van der Waals surface area contributed by atoms with Crippen LogP contribution >= 0.6 is 23.7 Å². The second-order valence-corrected chi connectivity index (χ2v) is 5.67. The van der Waals surface area contributed by atoms with Gasteiger partial charge in [0.2, 0.25) is 5.91 Å². The molecule has 5 heteroatoms. The number of carbonyl (C=O) groups excluding carboxylic acids is 1. The fourth-order valence-corrected chi connectivity index (χ4v) is 2.92. The minimum Gasteiger partial charge on any atom is -0.338 e. The summed E-state index contributed by atoms with van der Waals surface area (Å²) in [4.78, 5) is 15.1. The van der Waals surface area contributed by atoms with Gasteiger partial charge in [-0.25, -0.2) is 0 Å². The predicted molar refractivity (Wildman–Crippen MR) is 71.5 cm³/mol. The molecule has 3 rings (SSSR count). The predicted octanol–water partition coefficient (Wildman–Crippen LogP) is 2.02.